The molecule has 1 rings (SSSR count). The Morgan fingerprint density at radius 1 is 1.14 bits per heavy atom. The van der Waals surface area contributed by atoms with Gasteiger partial charge in [0, 0.05) is 18.4 Å². The van der Waals surface area contributed by atoms with E-state index in [1.54, 1.807) is 7.05 Å². The highest BCUT2D eigenvalue weighted by atomic mass is 19.4. The number of unbranched alkanes of at least 4 members (excludes halogenated alkanes) is 5. The van der Waals surface area contributed by atoms with Gasteiger partial charge in [0.25, 0.3) is 0 Å². The van der Waals surface area contributed by atoms with Gasteiger partial charge in [0.1, 0.15) is 0 Å². The summed E-state index contributed by atoms with van der Waals surface area (Å²) in [6, 6.07) is 0.766. The fourth-order valence-corrected chi connectivity index (χ4v) is 2.53. The van der Waals surface area contributed by atoms with Crippen molar-refractivity contribution < 1.29 is 13.2 Å². The average Bonchev–Trinajstić information content (AvgIpc) is 2.46. The van der Waals surface area contributed by atoms with Crippen LogP contribution in [-0.4, -0.2) is 12.0 Å². The molecule has 0 radical (unpaired) electrons. The third-order valence-electron chi connectivity index (χ3n) is 3.73. The van der Waals surface area contributed by atoms with E-state index in [1.807, 2.05) is 0 Å². The van der Waals surface area contributed by atoms with Gasteiger partial charge < -0.3 is 5.32 Å². The standard InChI is InChI=1S/C16H25F3N2/c1-3-4-5-6-7-8-9-15(20-2)13-12-21-11-10-14(13)16(17,18)19/h10-12,15,20H,3-9H2,1-2H3. The highest BCUT2D eigenvalue weighted by molar-refractivity contribution is 5.29. The molecule has 1 unspecified atom stereocenters. The zero-order valence-electron chi connectivity index (χ0n) is 12.8. The highest BCUT2D eigenvalue weighted by Gasteiger charge is 2.34. The first-order chi connectivity index (χ1) is 10.0. The molecule has 0 fully saturated rings. The van der Waals surface area contributed by atoms with Crippen LogP contribution in [0.3, 0.4) is 0 Å². The number of nitrogens with one attached hydrogen (secondary N) is 1. The van der Waals surface area contributed by atoms with Crippen LogP contribution in [-0.2, 0) is 6.18 Å². The molecule has 2 nitrogen and oxygen atoms in total. The normalized spacial score (nSPS) is 13.4. The number of hydrogen-bond donors (Lipinski definition) is 1. The molecule has 21 heavy (non-hydrogen) atoms. The quantitative estimate of drug-likeness (QED) is 0.641. The van der Waals surface area contributed by atoms with Gasteiger partial charge in [-0.15, -0.1) is 0 Å². The van der Waals surface area contributed by atoms with Gasteiger partial charge >= 0.3 is 6.18 Å². The molecule has 1 atom stereocenters. The van der Waals surface area contributed by atoms with E-state index in [4.69, 9.17) is 0 Å². The van der Waals surface area contributed by atoms with Crippen molar-refractivity contribution in [2.45, 2.75) is 64.1 Å². The van der Waals surface area contributed by atoms with E-state index in [0.717, 1.165) is 25.3 Å². The maximum absolute atomic E-state index is 13.0. The summed E-state index contributed by atoms with van der Waals surface area (Å²) in [6.45, 7) is 2.16. The number of halogens is 3. The summed E-state index contributed by atoms with van der Waals surface area (Å²) in [7, 11) is 1.70. The van der Waals surface area contributed by atoms with Crippen LogP contribution in [0.25, 0.3) is 0 Å². The Balaban J connectivity index is 2.60. The van der Waals surface area contributed by atoms with E-state index >= 15 is 0 Å². The second-order valence-corrected chi connectivity index (χ2v) is 5.36. The van der Waals surface area contributed by atoms with Crippen molar-refractivity contribution in [3.8, 4) is 0 Å². The predicted octanol–water partition coefficient (Wildman–Crippen LogP) is 5.11. The fourth-order valence-electron chi connectivity index (χ4n) is 2.53. The minimum Gasteiger partial charge on any atom is -0.313 e. The van der Waals surface area contributed by atoms with Crippen molar-refractivity contribution >= 4 is 0 Å². The molecule has 0 amide bonds. The summed E-state index contributed by atoms with van der Waals surface area (Å²) in [6.07, 6.45) is 5.71. The highest BCUT2D eigenvalue weighted by Crippen LogP contribution is 2.35. The predicted molar refractivity (Wildman–Crippen MR) is 79.0 cm³/mol. The number of rotatable bonds is 9. The Hall–Kier alpha value is -1.10. The van der Waals surface area contributed by atoms with Gasteiger partial charge in [-0.05, 0) is 25.1 Å². The van der Waals surface area contributed by atoms with E-state index in [-0.39, 0.29) is 11.6 Å². The Kier molecular flexibility index (Phi) is 7.72. The topological polar surface area (TPSA) is 24.9 Å². The van der Waals surface area contributed by atoms with Gasteiger partial charge in [-0.1, -0.05) is 45.4 Å². The van der Waals surface area contributed by atoms with E-state index in [9.17, 15) is 13.2 Å². The van der Waals surface area contributed by atoms with Crippen LogP contribution < -0.4 is 5.32 Å². The molecule has 1 aromatic rings. The molecule has 0 aliphatic heterocycles. The molecule has 0 saturated heterocycles. The summed E-state index contributed by atoms with van der Waals surface area (Å²) in [5, 5.41) is 2.99. The van der Waals surface area contributed by atoms with Gasteiger partial charge in [0.15, 0.2) is 0 Å². The van der Waals surface area contributed by atoms with Crippen LogP contribution in [0.4, 0.5) is 13.2 Å². The summed E-state index contributed by atoms with van der Waals surface area (Å²) in [5.74, 6) is 0. The van der Waals surface area contributed by atoms with Gasteiger partial charge in [0.2, 0.25) is 0 Å². The third kappa shape index (κ3) is 6.04. The van der Waals surface area contributed by atoms with Crippen molar-refractivity contribution in [3.63, 3.8) is 0 Å². The van der Waals surface area contributed by atoms with E-state index in [0.29, 0.717) is 6.42 Å². The molecule has 120 valence electrons. The van der Waals surface area contributed by atoms with Crippen molar-refractivity contribution in [3.05, 3.63) is 29.6 Å². The minimum atomic E-state index is -4.32. The molecular weight excluding hydrogens is 277 g/mol. The summed E-state index contributed by atoms with van der Waals surface area (Å²) >= 11 is 0. The van der Waals surface area contributed by atoms with Crippen molar-refractivity contribution in [1.82, 2.24) is 10.3 Å². The molecule has 0 bridgehead atoms. The van der Waals surface area contributed by atoms with Gasteiger partial charge in [-0.2, -0.15) is 13.2 Å². The number of alkyl halides is 3. The van der Waals surface area contributed by atoms with Crippen LogP contribution in [0.2, 0.25) is 0 Å². The largest absolute Gasteiger partial charge is 0.416 e. The average molecular weight is 302 g/mol. The van der Waals surface area contributed by atoms with Gasteiger partial charge in [-0.25, -0.2) is 0 Å². The number of hydrogen-bond acceptors (Lipinski definition) is 2. The Bertz CT molecular complexity index is 405. The SMILES string of the molecule is CCCCCCCCC(NC)c1cnccc1C(F)(F)F. The third-order valence-corrected chi connectivity index (χ3v) is 3.73. The first kappa shape index (κ1) is 18.0. The lowest BCUT2D eigenvalue weighted by Crippen LogP contribution is -2.21. The molecular formula is C16H25F3N2. The lowest BCUT2D eigenvalue weighted by Gasteiger charge is -2.20. The second kappa shape index (κ2) is 9.03. The molecule has 0 aromatic carbocycles. The van der Waals surface area contributed by atoms with Crippen LogP contribution in [0, 0.1) is 0 Å². The maximum Gasteiger partial charge on any atom is 0.416 e. The Morgan fingerprint density at radius 2 is 1.81 bits per heavy atom. The molecule has 0 aliphatic rings. The molecule has 1 N–H and O–H groups in total. The zero-order valence-corrected chi connectivity index (χ0v) is 12.8. The molecule has 0 spiro atoms. The van der Waals surface area contributed by atoms with Gasteiger partial charge in [0.05, 0.1) is 5.56 Å². The number of aromatic nitrogens is 1. The van der Waals surface area contributed by atoms with Crippen LogP contribution in [0.15, 0.2) is 18.5 Å². The molecule has 5 heteroatoms. The lowest BCUT2D eigenvalue weighted by atomic mass is 9.97. The molecule has 0 saturated carbocycles. The molecule has 1 aromatic heterocycles. The zero-order chi connectivity index (χ0) is 15.7. The van der Waals surface area contributed by atoms with Crippen molar-refractivity contribution in [2.24, 2.45) is 0 Å². The smallest absolute Gasteiger partial charge is 0.313 e. The summed E-state index contributed by atoms with van der Waals surface area (Å²) < 4.78 is 39.1. The van der Waals surface area contributed by atoms with Crippen LogP contribution in [0.1, 0.15) is 69.0 Å². The number of pyridine rings is 1. The van der Waals surface area contributed by atoms with Gasteiger partial charge in [-0.3, -0.25) is 4.98 Å². The summed E-state index contributed by atoms with van der Waals surface area (Å²) in [5.41, 5.74) is -0.330. The van der Waals surface area contributed by atoms with Crippen LogP contribution in [0.5, 0.6) is 0 Å². The molecule has 1 heterocycles. The monoisotopic (exact) mass is 302 g/mol. The Morgan fingerprint density at radius 3 is 2.43 bits per heavy atom. The maximum atomic E-state index is 13.0. The first-order valence-electron chi connectivity index (χ1n) is 7.69. The summed E-state index contributed by atoms with van der Waals surface area (Å²) in [4.78, 5) is 3.86. The fraction of sp³-hybridized carbons (Fsp3) is 0.688. The van der Waals surface area contributed by atoms with E-state index in [2.05, 4.69) is 17.2 Å². The number of nitrogens with zero attached hydrogens (tertiary/aromatic N) is 1. The van der Waals surface area contributed by atoms with E-state index < -0.39 is 11.7 Å². The Labute approximate surface area is 125 Å². The van der Waals surface area contributed by atoms with Crippen molar-refractivity contribution in [2.75, 3.05) is 7.05 Å². The van der Waals surface area contributed by atoms with Crippen LogP contribution >= 0.6 is 0 Å². The van der Waals surface area contributed by atoms with E-state index in [1.165, 1.54) is 31.7 Å². The second-order valence-electron chi connectivity index (χ2n) is 5.36. The first-order valence-corrected chi connectivity index (χ1v) is 7.69. The lowest BCUT2D eigenvalue weighted by molar-refractivity contribution is -0.138. The molecule has 0 aliphatic carbocycles. The minimum absolute atomic E-state index is 0.251. The van der Waals surface area contributed by atoms with Crippen molar-refractivity contribution in [1.29, 1.82) is 0 Å².